The first-order valence-electron chi connectivity index (χ1n) is 9.33. The minimum atomic E-state index is -3.34. The zero-order valence-corrected chi connectivity index (χ0v) is 17.1. The van der Waals surface area contributed by atoms with Gasteiger partial charge >= 0.3 is 0 Å². The third-order valence-corrected chi connectivity index (χ3v) is 6.34. The lowest BCUT2D eigenvalue weighted by Gasteiger charge is -2.34. The first-order chi connectivity index (χ1) is 13.3. The summed E-state index contributed by atoms with van der Waals surface area (Å²) < 4.78 is 26.2. The number of nitrogens with zero attached hydrogens (tertiary/aromatic N) is 2. The van der Waals surface area contributed by atoms with Crippen LogP contribution in [-0.2, 0) is 21.2 Å². The zero-order valence-electron chi connectivity index (χ0n) is 15.6. The van der Waals surface area contributed by atoms with E-state index in [9.17, 15) is 13.2 Å². The Bertz CT molecular complexity index is 1010. The van der Waals surface area contributed by atoms with E-state index in [1.54, 1.807) is 17.3 Å². The van der Waals surface area contributed by atoms with Crippen LogP contribution in [0.1, 0.15) is 36.4 Å². The number of allylic oxidation sites excluding steroid dienone is 4. The van der Waals surface area contributed by atoms with Gasteiger partial charge in [0.1, 0.15) is 0 Å². The second-order valence-electron chi connectivity index (χ2n) is 7.37. The van der Waals surface area contributed by atoms with Crippen molar-refractivity contribution in [3.05, 3.63) is 59.0 Å². The minimum Gasteiger partial charge on any atom is -0.306 e. The lowest BCUT2D eigenvalue weighted by atomic mass is 9.87. The Labute approximate surface area is 170 Å². The summed E-state index contributed by atoms with van der Waals surface area (Å²) in [6, 6.07) is -0.307. The van der Waals surface area contributed by atoms with Crippen LogP contribution in [-0.4, -0.2) is 37.5 Å². The predicted molar refractivity (Wildman–Crippen MR) is 110 cm³/mol. The highest BCUT2D eigenvalue weighted by atomic mass is 35.5. The first kappa shape index (κ1) is 19.4. The smallest absolute Gasteiger partial charge is 0.258 e. The maximum Gasteiger partial charge on any atom is 0.258 e. The number of amides is 1. The summed E-state index contributed by atoms with van der Waals surface area (Å²) in [4.78, 5) is 19.3. The van der Waals surface area contributed by atoms with Gasteiger partial charge in [-0.15, -0.1) is 11.6 Å². The number of nitrogens with one attached hydrogen (secondary N) is 1. The quantitative estimate of drug-likeness (QED) is 0.764. The van der Waals surface area contributed by atoms with E-state index in [1.807, 2.05) is 24.3 Å². The van der Waals surface area contributed by atoms with Crippen LogP contribution in [0, 0.1) is 0 Å². The zero-order chi connectivity index (χ0) is 19.9. The fraction of sp³-hybridized carbons (Fsp3) is 0.400. The van der Waals surface area contributed by atoms with Gasteiger partial charge in [0.05, 0.1) is 23.5 Å². The van der Waals surface area contributed by atoms with Crippen molar-refractivity contribution in [1.82, 2.24) is 9.71 Å². The monoisotopic (exact) mass is 419 g/mol. The highest BCUT2D eigenvalue weighted by molar-refractivity contribution is 7.88. The Morgan fingerprint density at radius 3 is 2.89 bits per heavy atom. The molecule has 8 heteroatoms. The molecule has 1 fully saturated rings. The van der Waals surface area contributed by atoms with Crippen LogP contribution >= 0.6 is 11.6 Å². The number of piperidine rings is 1. The van der Waals surface area contributed by atoms with Crippen LogP contribution in [0.25, 0.3) is 0 Å². The molecule has 1 aliphatic heterocycles. The van der Waals surface area contributed by atoms with Crippen LogP contribution in [0.2, 0.25) is 0 Å². The van der Waals surface area contributed by atoms with E-state index < -0.39 is 10.0 Å². The van der Waals surface area contributed by atoms with Gasteiger partial charge in [-0.1, -0.05) is 18.2 Å². The highest BCUT2D eigenvalue weighted by Gasteiger charge is 2.33. The van der Waals surface area contributed by atoms with Crippen molar-refractivity contribution in [2.75, 3.05) is 17.7 Å². The second-order valence-corrected chi connectivity index (χ2v) is 9.65. The Balaban J connectivity index is 1.70. The van der Waals surface area contributed by atoms with Gasteiger partial charge in [-0.05, 0) is 48.5 Å². The average molecular weight is 420 g/mol. The molecule has 2 atom stereocenters. The fourth-order valence-electron chi connectivity index (χ4n) is 4.15. The molecular weight excluding hydrogens is 398 g/mol. The van der Waals surface area contributed by atoms with E-state index in [-0.39, 0.29) is 17.3 Å². The number of carbonyl (C=O) groups excluding carboxylic acids is 1. The molecule has 4 rings (SSSR count). The summed E-state index contributed by atoms with van der Waals surface area (Å²) in [5, 5.41) is -0.211. The van der Waals surface area contributed by atoms with E-state index in [0.717, 1.165) is 54.3 Å². The molecule has 3 aliphatic rings. The molecule has 6 nitrogen and oxygen atoms in total. The summed E-state index contributed by atoms with van der Waals surface area (Å²) in [6.45, 7) is 0.550. The molecule has 1 aromatic rings. The van der Waals surface area contributed by atoms with Gasteiger partial charge < -0.3 is 4.90 Å². The molecule has 1 aromatic heterocycles. The topological polar surface area (TPSA) is 79.4 Å². The van der Waals surface area contributed by atoms with Crippen LogP contribution in [0.15, 0.2) is 47.8 Å². The number of fused-ring (bicyclic) bond motifs is 2. The number of sulfonamides is 1. The largest absolute Gasteiger partial charge is 0.306 e. The summed E-state index contributed by atoms with van der Waals surface area (Å²) in [5.41, 5.74) is 4.27. The summed E-state index contributed by atoms with van der Waals surface area (Å²) in [5.74, 6) is -0.0682. The number of pyridine rings is 1. The maximum absolute atomic E-state index is 13.2. The number of carbonyl (C=O) groups is 1. The minimum absolute atomic E-state index is 0.0682. The first-order valence-corrected chi connectivity index (χ1v) is 11.7. The molecule has 28 heavy (non-hydrogen) atoms. The molecular formula is C20H22ClN3O3S. The molecule has 0 spiro atoms. The van der Waals surface area contributed by atoms with E-state index in [0.29, 0.717) is 12.1 Å². The molecule has 1 saturated heterocycles. The van der Waals surface area contributed by atoms with Gasteiger partial charge in [0, 0.05) is 24.4 Å². The van der Waals surface area contributed by atoms with Gasteiger partial charge in [-0.2, -0.15) is 0 Å². The number of alkyl halides is 1. The molecule has 1 amide bonds. The summed E-state index contributed by atoms with van der Waals surface area (Å²) in [6.07, 6.45) is 15.1. The molecule has 0 radical (unpaired) electrons. The SMILES string of the molecule is CS(=O)(=O)N[C@@H]1CCCc2c1cncc2N1CCC2=CC(Cl)C=CC=C2C1=O. The van der Waals surface area contributed by atoms with E-state index in [1.165, 1.54) is 0 Å². The van der Waals surface area contributed by atoms with Crippen molar-refractivity contribution >= 4 is 33.2 Å². The Morgan fingerprint density at radius 1 is 1.29 bits per heavy atom. The number of halogens is 1. The van der Waals surface area contributed by atoms with Crippen molar-refractivity contribution in [2.24, 2.45) is 0 Å². The van der Waals surface area contributed by atoms with Gasteiger partial charge in [0.2, 0.25) is 10.0 Å². The molecule has 2 heterocycles. The number of aromatic nitrogens is 1. The average Bonchev–Trinajstić information content (AvgIpc) is 2.82. The van der Waals surface area contributed by atoms with Crippen molar-refractivity contribution in [3.8, 4) is 0 Å². The molecule has 148 valence electrons. The highest BCUT2D eigenvalue weighted by Crippen LogP contribution is 2.38. The van der Waals surface area contributed by atoms with Gasteiger partial charge in [0.15, 0.2) is 0 Å². The fourth-order valence-corrected chi connectivity index (χ4v) is 5.15. The van der Waals surface area contributed by atoms with Crippen LogP contribution in [0.4, 0.5) is 5.69 Å². The Kier molecular flexibility index (Phi) is 5.16. The van der Waals surface area contributed by atoms with Crippen LogP contribution in [0.5, 0.6) is 0 Å². The van der Waals surface area contributed by atoms with Crippen molar-refractivity contribution in [2.45, 2.75) is 37.1 Å². The van der Waals surface area contributed by atoms with E-state index >= 15 is 0 Å². The van der Waals surface area contributed by atoms with Crippen LogP contribution in [0.3, 0.4) is 0 Å². The summed E-state index contributed by atoms with van der Waals surface area (Å²) in [7, 11) is -3.34. The van der Waals surface area contributed by atoms with E-state index in [2.05, 4.69) is 9.71 Å². The molecule has 0 bridgehead atoms. The Morgan fingerprint density at radius 2 is 2.11 bits per heavy atom. The number of hydrogen-bond donors (Lipinski definition) is 1. The van der Waals surface area contributed by atoms with Crippen molar-refractivity contribution in [1.29, 1.82) is 0 Å². The molecule has 1 N–H and O–H groups in total. The number of rotatable bonds is 3. The van der Waals surface area contributed by atoms with Gasteiger partial charge in [-0.25, -0.2) is 13.1 Å². The van der Waals surface area contributed by atoms with Gasteiger partial charge in [0.25, 0.3) is 5.91 Å². The third-order valence-electron chi connectivity index (χ3n) is 5.35. The Hall–Kier alpha value is -1.96. The second kappa shape index (κ2) is 7.46. The molecule has 0 aromatic carbocycles. The standard InChI is InChI=1S/C20H22ClN3O3S/c1-28(26,27)23-18-7-3-6-16-17(18)11-22-12-19(16)24-9-8-13-10-14(21)4-2-5-15(13)20(24)25/h2,4-5,10-12,14,18,23H,3,6-9H2,1H3/t14?,18-/m1/s1. The normalized spacial score (nSPS) is 24.8. The number of anilines is 1. The third kappa shape index (κ3) is 3.79. The molecule has 1 unspecified atom stereocenters. The van der Waals surface area contributed by atoms with E-state index in [4.69, 9.17) is 11.6 Å². The van der Waals surface area contributed by atoms with Crippen molar-refractivity contribution < 1.29 is 13.2 Å². The van der Waals surface area contributed by atoms with Gasteiger partial charge in [-0.3, -0.25) is 9.78 Å². The maximum atomic E-state index is 13.2. The number of hydrogen-bond acceptors (Lipinski definition) is 4. The van der Waals surface area contributed by atoms with Crippen molar-refractivity contribution in [3.63, 3.8) is 0 Å². The predicted octanol–water partition coefficient (Wildman–Crippen LogP) is 2.77. The summed E-state index contributed by atoms with van der Waals surface area (Å²) >= 11 is 6.22. The lowest BCUT2D eigenvalue weighted by Crippen LogP contribution is -2.39. The lowest BCUT2D eigenvalue weighted by molar-refractivity contribution is -0.115. The molecule has 0 saturated carbocycles. The van der Waals surface area contributed by atoms with Crippen LogP contribution < -0.4 is 9.62 Å². The molecule has 2 aliphatic carbocycles.